The maximum atomic E-state index is 11.4. The molecule has 0 aromatic carbocycles. The van der Waals surface area contributed by atoms with Gasteiger partial charge in [-0.2, -0.15) is 0 Å². The van der Waals surface area contributed by atoms with Crippen LogP contribution in [0.1, 0.15) is 26.2 Å². The summed E-state index contributed by atoms with van der Waals surface area (Å²) < 4.78 is 14.4. The minimum atomic E-state index is -0.862. The molecule has 0 aromatic heterocycles. The van der Waals surface area contributed by atoms with Gasteiger partial charge in [-0.3, -0.25) is 0 Å². The Hall–Kier alpha value is -0.570. The van der Waals surface area contributed by atoms with Gasteiger partial charge >= 0.3 is 0 Å². The summed E-state index contributed by atoms with van der Waals surface area (Å²) in [6.07, 6.45) is 7.47. The fraction of sp³-hybridized carbons (Fsp3) is 0.556. The van der Waals surface area contributed by atoms with Crippen molar-refractivity contribution < 1.29 is 4.21 Å². The van der Waals surface area contributed by atoms with Gasteiger partial charge in [-0.05, 0) is 37.8 Å². The van der Waals surface area contributed by atoms with Crippen molar-refractivity contribution in [1.29, 1.82) is 0 Å². The molecule has 66 valence electrons. The number of hydrogen-bond acceptors (Lipinski definition) is 1. The van der Waals surface area contributed by atoms with E-state index in [1.807, 2.05) is 6.92 Å². The van der Waals surface area contributed by atoms with Crippen molar-refractivity contribution in [2.24, 2.45) is 0 Å². The fourth-order valence-corrected chi connectivity index (χ4v) is 2.64. The second-order valence-corrected chi connectivity index (χ2v) is 4.98. The van der Waals surface area contributed by atoms with Gasteiger partial charge in [0.25, 0.3) is 0 Å². The van der Waals surface area contributed by atoms with Crippen molar-refractivity contribution in [1.82, 2.24) is 4.72 Å². The van der Waals surface area contributed by atoms with Gasteiger partial charge < -0.3 is 4.72 Å². The van der Waals surface area contributed by atoms with E-state index < -0.39 is 11.0 Å². The zero-order chi connectivity index (χ0) is 8.55. The van der Waals surface area contributed by atoms with Crippen LogP contribution in [0.4, 0.5) is 0 Å². The van der Waals surface area contributed by atoms with E-state index in [4.69, 9.17) is 0 Å². The molecule has 1 aliphatic carbocycles. The van der Waals surface area contributed by atoms with Crippen molar-refractivity contribution in [3.05, 3.63) is 23.4 Å². The molecule has 12 heavy (non-hydrogen) atoms. The van der Waals surface area contributed by atoms with Crippen LogP contribution in [0.15, 0.2) is 23.4 Å². The van der Waals surface area contributed by atoms with Crippen LogP contribution in [0.2, 0.25) is 0 Å². The molecular formula is C9H13NOS. The zero-order valence-corrected chi connectivity index (χ0v) is 7.99. The van der Waals surface area contributed by atoms with Crippen molar-refractivity contribution in [2.75, 3.05) is 0 Å². The molecule has 0 bridgehead atoms. The average molecular weight is 183 g/mol. The zero-order valence-electron chi connectivity index (χ0n) is 7.17. The molecule has 1 N–H and O–H groups in total. The molecule has 3 heteroatoms. The predicted molar refractivity (Wildman–Crippen MR) is 50.8 cm³/mol. The van der Waals surface area contributed by atoms with Crippen LogP contribution in [0, 0.1) is 0 Å². The first-order valence-corrected chi connectivity index (χ1v) is 5.54. The van der Waals surface area contributed by atoms with Crippen LogP contribution in [-0.4, -0.2) is 9.46 Å². The highest BCUT2D eigenvalue weighted by Gasteiger charge is 2.22. The Labute approximate surface area is 75.3 Å². The first kappa shape index (κ1) is 8.05. The SMILES string of the molecule is CC1CC2=C(C=CCC2)NS1=O. The maximum absolute atomic E-state index is 11.4. The first-order chi connectivity index (χ1) is 5.77. The molecule has 2 atom stereocenters. The quantitative estimate of drug-likeness (QED) is 0.607. The van der Waals surface area contributed by atoms with Crippen molar-refractivity contribution in [3.8, 4) is 0 Å². The molecule has 2 rings (SSSR count). The Balaban J connectivity index is 2.27. The summed E-state index contributed by atoms with van der Waals surface area (Å²) in [5, 5.41) is 0.273. The molecule has 2 nitrogen and oxygen atoms in total. The molecule has 2 aliphatic rings. The van der Waals surface area contributed by atoms with Gasteiger partial charge in [0, 0.05) is 5.70 Å². The van der Waals surface area contributed by atoms with Gasteiger partial charge in [-0.15, -0.1) is 0 Å². The topological polar surface area (TPSA) is 29.1 Å². The van der Waals surface area contributed by atoms with Gasteiger partial charge in [0.05, 0.1) is 5.25 Å². The van der Waals surface area contributed by atoms with Crippen LogP contribution >= 0.6 is 0 Å². The third kappa shape index (κ3) is 1.33. The molecule has 1 aliphatic heterocycles. The summed E-state index contributed by atoms with van der Waals surface area (Å²) >= 11 is 0. The van der Waals surface area contributed by atoms with Crippen LogP contribution in [0.3, 0.4) is 0 Å². The second-order valence-electron chi connectivity index (χ2n) is 3.37. The Kier molecular flexibility index (Phi) is 2.05. The van der Waals surface area contributed by atoms with Crippen LogP contribution in [0.25, 0.3) is 0 Å². The normalized spacial score (nSPS) is 34.4. The lowest BCUT2D eigenvalue weighted by atomic mass is 9.98. The summed E-state index contributed by atoms with van der Waals surface area (Å²) in [6.45, 7) is 2.03. The van der Waals surface area contributed by atoms with Gasteiger partial charge in [-0.25, -0.2) is 4.21 Å². The van der Waals surface area contributed by atoms with Crippen LogP contribution in [0.5, 0.6) is 0 Å². The Bertz CT molecular complexity index is 280. The molecule has 2 unspecified atom stereocenters. The van der Waals surface area contributed by atoms with E-state index in [-0.39, 0.29) is 5.25 Å². The number of rotatable bonds is 0. The van der Waals surface area contributed by atoms with Crippen LogP contribution in [-0.2, 0) is 11.0 Å². The summed E-state index contributed by atoms with van der Waals surface area (Å²) in [6, 6.07) is 0. The molecule has 0 saturated heterocycles. The third-order valence-electron chi connectivity index (χ3n) is 2.39. The summed E-state index contributed by atoms with van der Waals surface area (Å²) in [5.74, 6) is 0. The molecule has 1 heterocycles. The Morgan fingerprint density at radius 1 is 1.67 bits per heavy atom. The standard InChI is InChI=1S/C9H13NOS/c1-7-6-8-4-2-3-5-9(8)10-12(7)11/h3,5,7,10H,2,4,6H2,1H3. The minimum absolute atomic E-state index is 0.273. The maximum Gasteiger partial charge on any atom is 0.120 e. The smallest absolute Gasteiger partial charge is 0.120 e. The van der Waals surface area contributed by atoms with E-state index in [0.29, 0.717) is 0 Å². The van der Waals surface area contributed by atoms with Crippen LogP contribution < -0.4 is 4.72 Å². The lowest BCUT2D eigenvalue weighted by Crippen LogP contribution is -2.32. The number of allylic oxidation sites excluding steroid dienone is 3. The Morgan fingerprint density at radius 3 is 3.33 bits per heavy atom. The molecule has 0 saturated carbocycles. The predicted octanol–water partition coefficient (Wildman–Crippen LogP) is 1.64. The van der Waals surface area contributed by atoms with Gasteiger partial charge in [0.1, 0.15) is 11.0 Å². The number of hydrogen-bond donors (Lipinski definition) is 1. The molecule has 0 aromatic rings. The van der Waals surface area contributed by atoms with Gasteiger partial charge in [-0.1, -0.05) is 6.08 Å². The van der Waals surface area contributed by atoms with E-state index in [1.54, 1.807) is 0 Å². The van der Waals surface area contributed by atoms with Crippen molar-refractivity contribution in [3.63, 3.8) is 0 Å². The van der Waals surface area contributed by atoms with E-state index >= 15 is 0 Å². The lowest BCUT2D eigenvalue weighted by Gasteiger charge is -2.26. The Morgan fingerprint density at radius 2 is 2.50 bits per heavy atom. The highest BCUT2D eigenvalue weighted by atomic mass is 32.2. The molecule has 0 fully saturated rings. The lowest BCUT2D eigenvalue weighted by molar-refractivity contribution is 0.654. The largest absolute Gasteiger partial charge is 0.305 e. The van der Waals surface area contributed by atoms with Gasteiger partial charge in [0.2, 0.25) is 0 Å². The summed E-state index contributed by atoms with van der Waals surface area (Å²) in [4.78, 5) is 0. The van der Waals surface area contributed by atoms with E-state index in [1.165, 1.54) is 5.57 Å². The van der Waals surface area contributed by atoms with Gasteiger partial charge in [0.15, 0.2) is 0 Å². The summed E-state index contributed by atoms with van der Waals surface area (Å²) in [7, 11) is -0.862. The first-order valence-electron chi connectivity index (χ1n) is 4.33. The summed E-state index contributed by atoms with van der Waals surface area (Å²) in [5.41, 5.74) is 2.56. The average Bonchev–Trinajstić information content (AvgIpc) is 2.07. The number of nitrogens with one attached hydrogen (secondary N) is 1. The van der Waals surface area contributed by atoms with Crippen molar-refractivity contribution >= 4 is 11.0 Å². The highest BCUT2D eigenvalue weighted by Crippen LogP contribution is 2.26. The molecule has 0 radical (unpaired) electrons. The van der Waals surface area contributed by atoms with E-state index in [2.05, 4.69) is 16.9 Å². The molecule has 0 amide bonds. The molecule has 0 spiro atoms. The fourth-order valence-electron chi connectivity index (χ4n) is 1.66. The second kappa shape index (κ2) is 3.05. The van der Waals surface area contributed by atoms with E-state index in [0.717, 1.165) is 25.0 Å². The minimum Gasteiger partial charge on any atom is -0.305 e. The highest BCUT2D eigenvalue weighted by molar-refractivity contribution is 7.83. The van der Waals surface area contributed by atoms with E-state index in [9.17, 15) is 4.21 Å². The third-order valence-corrected chi connectivity index (χ3v) is 3.71. The monoisotopic (exact) mass is 183 g/mol. The molecular weight excluding hydrogens is 170 g/mol. The van der Waals surface area contributed by atoms with Crippen molar-refractivity contribution in [2.45, 2.75) is 31.4 Å².